The van der Waals surface area contributed by atoms with Gasteiger partial charge >= 0.3 is 6.01 Å². The Hall–Kier alpha value is -2.18. The molecule has 96 valence electrons. The quantitative estimate of drug-likeness (QED) is 0.874. The lowest BCUT2D eigenvalue weighted by molar-refractivity contribution is 0.0923. The first-order valence-electron chi connectivity index (χ1n) is 5.71. The van der Waals surface area contributed by atoms with E-state index in [1.807, 2.05) is 20.8 Å². The second-order valence-electron chi connectivity index (χ2n) is 4.44. The van der Waals surface area contributed by atoms with Crippen molar-refractivity contribution < 1.29 is 4.74 Å². The Labute approximate surface area is 105 Å². The first-order chi connectivity index (χ1) is 8.50. The largest absolute Gasteiger partial charge is 0.457 e. The summed E-state index contributed by atoms with van der Waals surface area (Å²) in [6, 6.07) is 1.98. The normalized spacial score (nSPS) is 11.5. The van der Waals surface area contributed by atoms with Crippen LogP contribution in [-0.4, -0.2) is 30.3 Å². The molecule has 0 aliphatic heterocycles. The van der Waals surface area contributed by atoms with Gasteiger partial charge in [0.2, 0.25) is 5.95 Å². The molecular formula is C11H16N6O. The lowest BCUT2D eigenvalue weighted by atomic mass is 10.1. The van der Waals surface area contributed by atoms with E-state index in [0.717, 1.165) is 6.42 Å². The number of nitrogens with zero attached hydrogens (tertiary/aromatic N) is 5. The molecule has 0 amide bonds. The molecule has 2 aromatic rings. The number of aromatic nitrogens is 5. The van der Waals surface area contributed by atoms with E-state index in [1.165, 1.54) is 4.68 Å². The summed E-state index contributed by atoms with van der Waals surface area (Å²) in [7, 11) is 0. The molecule has 7 nitrogen and oxygen atoms in total. The molecule has 0 aromatic carbocycles. The molecule has 0 unspecified atom stereocenters. The van der Waals surface area contributed by atoms with E-state index in [-0.39, 0.29) is 17.6 Å². The number of anilines is 1. The fraction of sp³-hybridized carbons (Fsp3) is 0.455. The molecule has 0 saturated heterocycles. The van der Waals surface area contributed by atoms with Crippen molar-refractivity contribution in [3.05, 3.63) is 18.5 Å². The van der Waals surface area contributed by atoms with Crippen molar-refractivity contribution in [3.63, 3.8) is 0 Å². The summed E-state index contributed by atoms with van der Waals surface area (Å²) in [5, 5.41) is 4.04. The summed E-state index contributed by atoms with van der Waals surface area (Å²) >= 11 is 0. The van der Waals surface area contributed by atoms with Crippen molar-refractivity contribution in [2.24, 2.45) is 0 Å². The topological polar surface area (TPSA) is 91.7 Å². The Balaban J connectivity index is 2.33. The third kappa shape index (κ3) is 2.73. The SMILES string of the molecule is CCC(C)(C)Oc1nc(N)nc(-n2cccn2)n1. The predicted molar refractivity (Wildman–Crippen MR) is 66.4 cm³/mol. The monoisotopic (exact) mass is 248 g/mol. The zero-order valence-corrected chi connectivity index (χ0v) is 10.7. The van der Waals surface area contributed by atoms with Crippen LogP contribution in [0.1, 0.15) is 27.2 Å². The van der Waals surface area contributed by atoms with Gasteiger partial charge in [0.15, 0.2) is 0 Å². The molecule has 0 fully saturated rings. The molecule has 0 radical (unpaired) electrons. The molecule has 0 atom stereocenters. The van der Waals surface area contributed by atoms with Gasteiger partial charge in [0.05, 0.1) is 0 Å². The van der Waals surface area contributed by atoms with E-state index >= 15 is 0 Å². The second-order valence-corrected chi connectivity index (χ2v) is 4.44. The van der Waals surface area contributed by atoms with Gasteiger partial charge in [0, 0.05) is 12.4 Å². The van der Waals surface area contributed by atoms with Crippen LogP contribution in [-0.2, 0) is 0 Å². The Morgan fingerprint density at radius 3 is 2.72 bits per heavy atom. The summed E-state index contributed by atoms with van der Waals surface area (Å²) in [5.41, 5.74) is 5.29. The fourth-order valence-electron chi connectivity index (χ4n) is 1.22. The Morgan fingerprint density at radius 2 is 2.11 bits per heavy atom. The van der Waals surface area contributed by atoms with Gasteiger partial charge in [-0.05, 0) is 26.3 Å². The van der Waals surface area contributed by atoms with E-state index in [0.29, 0.717) is 5.95 Å². The lowest BCUT2D eigenvalue weighted by Gasteiger charge is -2.23. The minimum atomic E-state index is -0.352. The van der Waals surface area contributed by atoms with Crippen LogP contribution in [0.25, 0.3) is 5.95 Å². The molecule has 0 bridgehead atoms. The first kappa shape index (κ1) is 12.3. The fourth-order valence-corrected chi connectivity index (χ4v) is 1.22. The average molecular weight is 248 g/mol. The van der Waals surface area contributed by atoms with E-state index < -0.39 is 0 Å². The van der Waals surface area contributed by atoms with E-state index in [1.54, 1.807) is 18.5 Å². The smallest absolute Gasteiger partial charge is 0.323 e. The number of nitrogen functional groups attached to an aromatic ring is 1. The van der Waals surface area contributed by atoms with Crippen LogP contribution in [0.5, 0.6) is 6.01 Å². The van der Waals surface area contributed by atoms with Crippen LogP contribution in [0.3, 0.4) is 0 Å². The highest BCUT2D eigenvalue weighted by atomic mass is 16.5. The number of hydrogen-bond donors (Lipinski definition) is 1. The Kier molecular flexibility index (Phi) is 3.14. The van der Waals surface area contributed by atoms with Crippen LogP contribution < -0.4 is 10.5 Å². The summed E-state index contributed by atoms with van der Waals surface area (Å²) in [6.07, 6.45) is 4.19. The molecule has 7 heteroatoms. The zero-order chi connectivity index (χ0) is 13.2. The van der Waals surface area contributed by atoms with Gasteiger partial charge in [-0.2, -0.15) is 20.1 Å². The molecule has 2 rings (SSSR count). The van der Waals surface area contributed by atoms with Crippen LogP contribution in [0.15, 0.2) is 18.5 Å². The summed E-state index contributed by atoms with van der Waals surface area (Å²) in [5.74, 6) is 0.451. The van der Waals surface area contributed by atoms with Gasteiger partial charge < -0.3 is 10.5 Å². The summed E-state index contributed by atoms with van der Waals surface area (Å²) < 4.78 is 7.19. The second kappa shape index (κ2) is 4.59. The van der Waals surface area contributed by atoms with Gasteiger partial charge in [-0.25, -0.2) is 4.68 Å². The molecule has 2 heterocycles. The molecule has 2 N–H and O–H groups in total. The van der Waals surface area contributed by atoms with Crippen molar-refractivity contribution in [2.45, 2.75) is 32.8 Å². The molecular weight excluding hydrogens is 232 g/mol. The summed E-state index contributed by atoms with van der Waals surface area (Å²) in [4.78, 5) is 12.2. The maximum atomic E-state index is 5.69. The molecule has 2 aromatic heterocycles. The molecule has 18 heavy (non-hydrogen) atoms. The maximum Gasteiger partial charge on any atom is 0.323 e. The highest BCUT2D eigenvalue weighted by molar-refractivity contribution is 5.24. The maximum absolute atomic E-state index is 5.69. The Bertz CT molecular complexity index is 522. The zero-order valence-electron chi connectivity index (χ0n) is 10.7. The number of nitrogens with two attached hydrogens (primary N) is 1. The van der Waals surface area contributed by atoms with Gasteiger partial charge in [-0.1, -0.05) is 6.92 Å². The van der Waals surface area contributed by atoms with Gasteiger partial charge in [-0.15, -0.1) is 0 Å². The van der Waals surface area contributed by atoms with Crippen molar-refractivity contribution in [3.8, 4) is 12.0 Å². The molecule has 0 aliphatic carbocycles. The minimum absolute atomic E-state index is 0.109. The van der Waals surface area contributed by atoms with E-state index in [2.05, 4.69) is 20.1 Å². The molecule has 0 aliphatic rings. The molecule has 0 spiro atoms. The van der Waals surface area contributed by atoms with Gasteiger partial charge in [0.25, 0.3) is 5.95 Å². The highest BCUT2D eigenvalue weighted by Crippen LogP contribution is 2.18. The van der Waals surface area contributed by atoms with Crippen LogP contribution in [0.4, 0.5) is 5.95 Å². The van der Waals surface area contributed by atoms with Gasteiger partial charge in [-0.3, -0.25) is 0 Å². The van der Waals surface area contributed by atoms with E-state index in [9.17, 15) is 0 Å². The first-order valence-corrected chi connectivity index (χ1v) is 5.71. The predicted octanol–water partition coefficient (Wildman–Crippen LogP) is 1.21. The summed E-state index contributed by atoms with van der Waals surface area (Å²) in [6.45, 7) is 5.94. The number of ether oxygens (including phenoxy) is 1. The van der Waals surface area contributed by atoms with Crippen molar-refractivity contribution in [2.75, 3.05) is 5.73 Å². The third-order valence-electron chi connectivity index (χ3n) is 2.55. The van der Waals surface area contributed by atoms with Crippen LogP contribution in [0, 0.1) is 0 Å². The number of hydrogen-bond acceptors (Lipinski definition) is 6. The van der Waals surface area contributed by atoms with Gasteiger partial charge in [0.1, 0.15) is 5.60 Å². The molecule has 0 saturated carbocycles. The van der Waals surface area contributed by atoms with Crippen molar-refractivity contribution in [1.82, 2.24) is 24.7 Å². The Morgan fingerprint density at radius 1 is 1.33 bits per heavy atom. The average Bonchev–Trinajstić information content (AvgIpc) is 2.81. The highest BCUT2D eigenvalue weighted by Gasteiger charge is 2.19. The minimum Gasteiger partial charge on any atom is -0.457 e. The van der Waals surface area contributed by atoms with E-state index in [4.69, 9.17) is 10.5 Å². The number of rotatable bonds is 4. The van der Waals surface area contributed by atoms with Crippen molar-refractivity contribution in [1.29, 1.82) is 0 Å². The van der Waals surface area contributed by atoms with Crippen LogP contribution in [0.2, 0.25) is 0 Å². The standard InChI is InChI=1S/C11H16N6O/c1-4-11(2,3)18-10-15-8(12)14-9(16-10)17-7-5-6-13-17/h5-7H,4H2,1-3H3,(H2,12,14,15,16). The third-order valence-corrected chi connectivity index (χ3v) is 2.55. The lowest BCUT2D eigenvalue weighted by Crippen LogP contribution is -2.28. The van der Waals surface area contributed by atoms with Crippen molar-refractivity contribution >= 4 is 5.95 Å². The van der Waals surface area contributed by atoms with Crippen LogP contribution >= 0.6 is 0 Å².